The van der Waals surface area contributed by atoms with Gasteiger partial charge in [-0.2, -0.15) is 4.31 Å². The van der Waals surface area contributed by atoms with Crippen LogP contribution < -0.4 is 11.1 Å². The third kappa shape index (κ3) is 5.26. The third-order valence-corrected chi connectivity index (χ3v) is 7.81. The molecule has 1 saturated heterocycles. The quantitative estimate of drug-likeness (QED) is 0.727. The van der Waals surface area contributed by atoms with Gasteiger partial charge in [0.25, 0.3) is 5.91 Å². The van der Waals surface area contributed by atoms with E-state index in [0.29, 0.717) is 25.6 Å². The highest BCUT2D eigenvalue weighted by Crippen LogP contribution is 2.27. The van der Waals surface area contributed by atoms with Crippen molar-refractivity contribution >= 4 is 28.3 Å². The summed E-state index contributed by atoms with van der Waals surface area (Å²) in [5.41, 5.74) is 6.15. The molecule has 1 amide bonds. The van der Waals surface area contributed by atoms with Crippen molar-refractivity contribution in [1.82, 2.24) is 9.62 Å². The molecule has 0 spiro atoms. The predicted octanol–water partition coefficient (Wildman–Crippen LogP) is 2.92. The number of rotatable bonds is 6. The smallest absolute Gasteiger partial charge is 0.252 e. The van der Waals surface area contributed by atoms with E-state index in [1.54, 1.807) is 18.2 Å². The zero-order valence-electron chi connectivity index (χ0n) is 16.3. The fourth-order valence-corrected chi connectivity index (χ4v) is 5.98. The average molecular weight is 430 g/mol. The Kier molecular flexibility index (Phi) is 8.74. The SMILES string of the molecule is Cl.NCC(NC(=O)c1ccccc1S(=O)(=O)N1CCCCC1)C1CCCCC1. The maximum absolute atomic E-state index is 13.1. The Morgan fingerprint density at radius 2 is 1.68 bits per heavy atom. The Labute approximate surface area is 174 Å². The van der Waals surface area contributed by atoms with Crippen molar-refractivity contribution in [1.29, 1.82) is 0 Å². The van der Waals surface area contributed by atoms with E-state index in [9.17, 15) is 13.2 Å². The van der Waals surface area contributed by atoms with Crippen molar-refractivity contribution in [3.63, 3.8) is 0 Å². The summed E-state index contributed by atoms with van der Waals surface area (Å²) in [6.07, 6.45) is 8.47. The van der Waals surface area contributed by atoms with Gasteiger partial charge < -0.3 is 11.1 Å². The van der Waals surface area contributed by atoms with Crippen molar-refractivity contribution in [3.05, 3.63) is 29.8 Å². The first-order valence-corrected chi connectivity index (χ1v) is 11.6. The van der Waals surface area contributed by atoms with Crippen LogP contribution >= 0.6 is 12.4 Å². The highest BCUT2D eigenvalue weighted by atomic mass is 35.5. The van der Waals surface area contributed by atoms with E-state index in [-0.39, 0.29) is 34.8 Å². The molecule has 158 valence electrons. The average Bonchev–Trinajstić information content (AvgIpc) is 2.73. The van der Waals surface area contributed by atoms with Gasteiger partial charge in [0.2, 0.25) is 10.0 Å². The van der Waals surface area contributed by atoms with Crippen LogP contribution in [0.3, 0.4) is 0 Å². The molecule has 3 N–H and O–H groups in total. The molecule has 1 aliphatic carbocycles. The van der Waals surface area contributed by atoms with Gasteiger partial charge in [-0.1, -0.05) is 37.8 Å². The van der Waals surface area contributed by atoms with Crippen LogP contribution in [0.25, 0.3) is 0 Å². The normalized spacial score (nSPS) is 20.2. The minimum absolute atomic E-state index is 0. The lowest BCUT2D eigenvalue weighted by atomic mass is 9.84. The molecule has 1 aliphatic heterocycles. The number of nitrogens with one attached hydrogen (secondary N) is 1. The number of hydrogen-bond acceptors (Lipinski definition) is 4. The van der Waals surface area contributed by atoms with Gasteiger partial charge in [0, 0.05) is 25.7 Å². The molecule has 0 radical (unpaired) electrons. The van der Waals surface area contributed by atoms with Gasteiger partial charge in [-0.3, -0.25) is 4.79 Å². The molecule has 6 nitrogen and oxygen atoms in total. The summed E-state index contributed by atoms with van der Waals surface area (Å²) in [4.78, 5) is 13.1. The molecule has 1 aromatic rings. The second kappa shape index (κ2) is 10.6. The molecule has 1 saturated carbocycles. The number of carbonyl (C=O) groups excluding carboxylic acids is 1. The Hall–Kier alpha value is -1.15. The van der Waals surface area contributed by atoms with Crippen LogP contribution in [0.15, 0.2) is 29.2 Å². The minimum Gasteiger partial charge on any atom is -0.348 e. The number of hydrogen-bond donors (Lipinski definition) is 2. The first kappa shape index (κ1) is 23.1. The monoisotopic (exact) mass is 429 g/mol. The van der Waals surface area contributed by atoms with Crippen LogP contribution in [-0.4, -0.2) is 44.3 Å². The van der Waals surface area contributed by atoms with E-state index in [4.69, 9.17) is 5.73 Å². The summed E-state index contributed by atoms with van der Waals surface area (Å²) in [6, 6.07) is 6.41. The van der Waals surface area contributed by atoms with Gasteiger partial charge >= 0.3 is 0 Å². The molecule has 1 atom stereocenters. The van der Waals surface area contributed by atoms with Crippen molar-refractivity contribution in [2.45, 2.75) is 62.3 Å². The fourth-order valence-electron chi connectivity index (χ4n) is 4.28. The number of nitrogens with zero attached hydrogens (tertiary/aromatic N) is 1. The number of amides is 1. The first-order valence-electron chi connectivity index (χ1n) is 10.1. The number of sulfonamides is 1. The Morgan fingerprint density at radius 3 is 2.32 bits per heavy atom. The van der Waals surface area contributed by atoms with E-state index in [2.05, 4.69) is 5.32 Å². The molecule has 0 aromatic heterocycles. The number of benzene rings is 1. The molecule has 0 bridgehead atoms. The molecular formula is C20H32ClN3O3S. The highest BCUT2D eigenvalue weighted by molar-refractivity contribution is 7.89. The second-order valence-electron chi connectivity index (χ2n) is 7.67. The van der Waals surface area contributed by atoms with Crippen LogP contribution in [0.4, 0.5) is 0 Å². The van der Waals surface area contributed by atoms with Gasteiger partial charge in [0.15, 0.2) is 0 Å². The Balaban J connectivity index is 0.00000280. The molecule has 8 heteroatoms. The number of halogens is 1. The zero-order valence-corrected chi connectivity index (χ0v) is 17.9. The van der Waals surface area contributed by atoms with E-state index in [1.807, 2.05) is 0 Å². The van der Waals surface area contributed by atoms with Crippen LogP contribution in [0.1, 0.15) is 61.7 Å². The second-order valence-corrected chi connectivity index (χ2v) is 9.58. The molecule has 1 aromatic carbocycles. The topological polar surface area (TPSA) is 92.5 Å². The Bertz CT molecular complexity index is 745. The van der Waals surface area contributed by atoms with Gasteiger partial charge in [0.1, 0.15) is 0 Å². The molecule has 28 heavy (non-hydrogen) atoms. The zero-order chi connectivity index (χ0) is 19.3. The lowest BCUT2D eigenvalue weighted by Gasteiger charge is -2.30. The van der Waals surface area contributed by atoms with Crippen molar-refractivity contribution in [2.75, 3.05) is 19.6 Å². The number of piperidine rings is 1. The first-order chi connectivity index (χ1) is 13.0. The van der Waals surface area contributed by atoms with E-state index < -0.39 is 10.0 Å². The number of nitrogens with two attached hydrogens (primary N) is 1. The number of carbonyl (C=O) groups is 1. The summed E-state index contributed by atoms with van der Waals surface area (Å²) < 4.78 is 27.7. The summed E-state index contributed by atoms with van der Waals surface area (Å²) in [5.74, 6) is 0.0331. The van der Waals surface area contributed by atoms with Crippen LogP contribution in [0, 0.1) is 5.92 Å². The summed E-state index contributed by atoms with van der Waals surface area (Å²) in [6.45, 7) is 1.41. The molecule has 2 aliphatic rings. The standard InChI is InChI=1S/C20H31N3O3S.ClH/c21-15-18(16-9-3-1-4-10-16)22-20(24)17-11-5-6-12-19(17)27(25,26)23-13-7-2-8-14-23;/h5-6,11-12,16,18H,1-4,7-10,13-15,21H2,(H,22,24);1H. The molecule has 1 unspecified atom stereocenters. The van der Waals surface area contributed by atoms with E-state index >= 15 is 0 Å². The van der Waals surface area contributed by atoms with Gasteiger partial charge in [-0.05, 0) is 43.7 Å². The Morgan fingerprint density at radius 1 is 1.07 bits per heavy atom. The van der Waals surface area contributed by atoms with Crippen LogP contribution in [0.2, 0.25) is 0 Å². The minimum atomic E-state index is -3.66. The van der Waals surface area contributed by atoms with Gasteiger partial charge in [-0.15, -0.1) is 12.4 Å². The van der Waals surface area contributed by atoms with E-state index in [1.165, 1.54) is 16.8 Å². The van der Waals surface area contributed by atoms with Crippen molar-refractivity contribution in [3.8, 4) is 0 Å². The largest absolute Gasteiger partial charge is 0.348 e. The lowest BCUT2D eigenvalue weighted by Crippen LogP contribution is -2.46. The molecular weight excluding hydrogens is 398 g/mol. The van der Waals surface area contributed by atoms with Gasteiger partial charge in [0.05, 0.1) is 10.5 Å². The maximum atomic E-state index is 13.1. The summed E-state index contributed by atoms with van der Waals surface area (Å²) >= 11 is 0. The van der Waals surface area contributed by atoms with E-state index in [0.717, 1.165) is 44.9 Å². The third-order valence-electron chi connectivity index (χ3n) is 5.85. The molecule has 1 heterocycles. The highest BCUT2D eigenvalue weighted by Gasteiger charge is 2.31. The lowest BCUT2D eigenvalue weighted by molar-refractivity contribution is 0.0912. The van der Waals surface area contributed by atoms with Crippen LogP contribution in [-0.2, 0) is 10.0 Å². The summed E-state index contributed by atoms with van der Waals surface area (Å²) in [5, 5.41) is 3.02. The van der Waals surface area contributed by atoms with Crippen LogP contribution in [0.5, 0.6) is 0 Å². The molecule has 2 fully saturated rings. The van der Waals surface area contributed by atoms with Crippen molar-refractivity contribution in [2.24, 2.45) is 11.7 Å². The fraction of sp³-hybridized carbons (Fsp3) is 0.650. The molecule has 3 rings (SSSR count). The summed E-state index contributed by atoms with van der Waals surface area (Å²) in [7, 11) is -3.66. The predicted molar refractivity (Wildman–Crippen MR) is 113 cm³/mol. The van der Waals surface area contributed by atoms with Crippen molar-refractivity contribution < 1.29 is 13.2 Å². The maximum Gasteiger partial charge on any atom is 0.252 e. The van der Waals surface area contributed by atoms with Gasteiger partial charge in [-0.25, -0.2) is 8.42 Å².